The number of pyridine rings is 1. The van der Waals surface area contributed by atoms with Gasteiger partial charge in [-0.1, -0.05) is 0 Å². The van der Waals surface area contributed by atoms with Gasteiger partial charge in [-0.25, -0.2) is 4.79 Å². The van der Waals surface area contributed by atoms with Crippen LogP contribution in [0.1, 0.15) is 21.6 Å². The molecule has 0 bridgehead atoms. The molecule has 0 aliphatic carbocycles. The van der Waals surface area contributed by atoms with Crippen LogP contribution in [-0.4, -0.2) is 25.7 Å². The fourth-order valence-electron chi connectivity index (χ4n) is 1.65. The quantitative estimate of drug-likeness (QED) is 0.828. The third kappa shape index (κ3) is 2.51. The van der Waals surface area contributed by atoms with Crippen LogP contribution < -0.4 is 0 Å². The van der Waals surface area contributed by atoms with Gasteiger partial charge in [-0.15, -0.1) is 0 Å². The molecule has 0 saturated heterocycles. The lowest BCUT2D eigenvalue weighted by molar-refractivity contribution is 0.0685. The van der Waals surface area contributed by atoms with E-state index in [2.05, 4.69) is 4.98 Å². The molecule has 0 aliphatic heterocycles. The Morgan fingerprint density at radius 2 is 2.00 bits per heavy atom. The minimum Gasteiger partial charge on any atom is -0.477 e. The third-order valence-electron chi connectivity index (χ3n) is 2.46. The van der Waals surface area contributed by atoms with E-state index in [1.165, 1.54) is 6.07 Å². The van der Waals surface area contributed by atoms with Gasteiger partial charge in [-0.2, -0.15) is 0 Å². The molecule has 0 atom stereocenters. The zero-order chi connectivity index (χ0) is 12.3. The van der Waals surface area contributed by atoms with Crippen molar-refractivity contribution in [1.82, 2.24) is 9.55 Å². The first-order valence-electron chi connectivity index (χ1n) is 5.13. The summed E-state index contributed by atoms with van der Waals surface area (Å²) >= 11 is 0. The number of carbonyl (C=O) groups is 1. The van der Waals surface area contributed by atoms with Crippen LogP contribution in [0, 0.1) is 0 Å². The van der Waals surface area contributed by atoms with Crippen molar-refractivity contribution in [3.05, 3.63) is 53.6 Å². The van der Waals surface area contributed by atoms with Crippen LogP contribution in [0.25, 0.3) is 0 Å². The number of aliphatic hydroxyl groups excluding tert-OH is 1. The predicted octanol–water partition coefficient (Wildman–Crippen LogP) is 1.12. The molecule has 2 heterocycles. The second-order valence-corrected chi connectivity index (χ2v) is 3.68. The molecule has 88 valence electrons. The highest BCUT2D eigenvalue weighted by Gasteiger charge is 2.12. The fraction of sp³-hybridized carbons (Fsp3) is 0.167. The Morgan fingerprint density at radius 1 is 1.29 bits per heavy atom. The molecule has 0 saturated carbocycles. The van der Waals surface area contributed by atoms with Crippen molar-refractivity contribution >= 4 is 5.97 Å². The van der Waals surface area contributed by atoms with E-state index in [-0.39, 0.29) is 12.3 Å². The number of hydrogen-bond donors (Lipinski definition) is 2. The Kier molecular flexibility index (Phi) is 3.20. The molecule has 17 heavy (non-hydrogen) atoms. The number of aromatic nitrogens is 2. The van der Waals surface area contributed by atoms with E-state index in [1.54, 1.807) is 23.2 Å². The van der Waals surface area contributed by atoms with Gasteiger partial charge in [0, 0.05) is 25.1 Å². The van der Waals surface area contributed by atoms with Crippen LogP contribution in [0.15, 0.2) is 36.8 Å². The SMILES string of the molecule is O=C(O)c1cc(CO)cn1Cc1ccncc1. The number of nitrogens with zero attached hydrogens (tertiary/aromatic N) is 2. The van der Waals surface area contributed by atoms with Gasteiger partial charge in [0.2, 0.25) is 0 Å². The minimum atomic E-state index is -1.00. The highest BCUT2D eigenvalue weighted by Crippen LogP contribution is 2.11. The Balaban J connectivity index is 2.31. The number of carboxylic acids is 1. The van der Waals surface area contributed by atoms with Gasteiger partial charge < -0.3 is 14.8 Å². The Morgan fingerprint density at radius 3 is 2.59 bits per heavy atom. The van der Waals surface area contributed by atoms with E-state index in [0.29, 0.717) is 12.1 Å². The summed E-state index contributed by atoms with van der Waals surface area (Å²) in [5.41, 5.74) is 1.73. The maximum Gasteiger partial charge on any atom is 0.352 e. The molecule has 0 aliphatic rings. The molecular weight excluding hydrogens is 220 g/mol. The number of aliphatic hydroxyl groups is 1. The first kappa shape index (κ1) is 11.3. The second-order valence-electron chi connectivity index (χ2n) is 3.68. The molecule has 0 spiro atoms. The fourth-order valence-corrected chi connectivity index (χ4v) is 1.65. The van der Waals surface area contributed by atoms with Gasteiger partial charge in [0.05, 0.1) is 6.61 Å². The van der Waals surface area contributed by atoms with Gasteiger partial charge in [0.15, 0.2) is 0 Å². The summed E-state index contributed by atoms with van der Waals surface area (Å²) in [5, 5.41) is 18.0. The summed E-state index contributed by atoms with van der Waals surface area (Å²) in [6.45, 7) is 0.285. The molecule has 0 unspecified atom stereocenters. The zero-order valence-corrected chi connectivity index (χ0v) is 9.08. The molecule has 0 radical (unpaired) electrons. The normalized spacial score (nSPS) is 10.4. The summed E-state index contributed by atoms with van der Waals surface area (Å²) in [4.78, 5) is 14.9. The molecule has 2 N–H and O–H groups in total. The maximum absolute atomic E-state index is 11.0. The van der Waals surface area contributed by atoms with Gasteiger partial charge in [-0.05, 0) is 29.3 Å². The Hall–Kier alpha value is -2.14. The summed E-state index contributed by atoms with van der Waals surface area (Å²) in [6, 6.07) is 5.12. The number of rotatable bonds is 4. The van der Waals surface area contributed by atoms with Crippen LogP contribution in [0.2, 0.25) is 0 Å². The number of hydrogen-bond acceptors (Lipinski definition) is 3. The van der Waals surface area contributed by atoms with Crippen molar-refractivity contribution in [2.45, 2.75) is 13.2 Å². The lowest BCUT2D eigenvalue weighted by Crippen LogP contribution is -2.08. The van der Waals surface area contributed by atoms with Gasteiger partial charge in [0.25, 0.3) is 0 Å². The van der Waals surface area contributed by atoms with E-state index in [1.807, 2.05) is 12.1 Å². The second kappa shape index (κ2) is 4.80. The van der Waals surface area contributed by atoms with Crippen LogP contribution in [0.3, 0.4) is 0 Å². The van der Waals surface area contributed by atoms with Crippen LogP contribution in [0.5, 0.6) is 0 Å². The highest BCUT2D eigenvalue weighted by molar-refractivity contribution is 5.86. The van der Waals surface area contributed by atoms with Crippen molar-refractivity contribution < 1.29 is 15.0 Å². The number of aromatic carboxylic acids is 1. The van der Waals surface area contributed by atoms with Gasteiger partial charge in [-0.3, -0.25) is 4.98 Å². The lowest BCUT2D eigenvalue weighted by Gasteiger charge is -2.05. The molecule has 2 aromatic heterocycles. The summed E-state index contributed by atoms with van der Waals surface area (Å²) in [5.74, 6) is -1.00. The molecule has 0 fully saturated rings. The molecule has 0 amide bonds. The van der Waals surface area contributed by atoms with E-state index >= 15 is 0 Å². The van der Waals surface area contributed by atoms with Crippen molar-refractivity contribution in [3.63, 3.8) is 0 Å². The minimum absolute atomic E-state index is 0.163. The average Bonchev–Trinajstić information content (AvgIpc) is 2.74. The summed E-state index contributed by atoms with van der Waals surface area (Å²) < 4.78 is 1.60. The molecule has 5 nitrogen and oxygen atoms in total. The summed E-state index contributed by atoms with van der Waals surface area (Å²) in [6.07, 6.45) is 4.96. The molecular formula is C12H12N2O3. The number of carboxylic acid groups (broad SMARTS) is 1. The smallest absolute Gasteiger partial charge is 0.352 e. The van der Waals surface area contributed by atoms with Crippen LogP contribution in [-0.2, 0) is 13.2 Å². The predicted molar refractivity (Wildman–Crippen MR) is 60.7 cm³/mol. The Bertz CT molecular complexity index is 520. The molecule has 5 heteroatoms. The first-order valence-corrected chi connectivity index (χ1v) is 5.13. The topological polar surface area (TPSA) is 75.3 Å². The van der Waals surface area contributed by atoms with Crippen molar-refractivity contribution in [2.75, 3.05) is 0 Å². The highest BCUT2D eigenvalue weighted by atomic mass is 16.4. The average molecular weight is 232 g/mol. The Labute approximate surface area is 98.0 Å². The first-order chi connectivity index (χ1) is 8.20. The third-order valence-corrected chi connectivity index (χ3v) is 2.46. The van der Waals surface area contributed by atoms with E-state index < -0.39 is 5.97 Å². The van der Waals surface area contributed by atoms with Gasteiger partial charge >= 0.3 is 5.97 Å². The standard InChI is InChI=1S/C12H12N2O3/c15-8-10-5-11(12(16)17)14(7-10)6-9-1-3-13-4-2-9/h1-5,7,15H,6,8H2,(H,16,17). The van der Waals surface area contributed by atoms with Crippen molar-refractivity contribution in [3.8, 4) is 0 Å². The molecule has 0 aromatic carbocycles. The maximum atomic E-state index is 11.0. The van der Waals surface area contributed by atoms with E-state index in [0.717, 1.165) is 5.56 Å². The van der Waals surface area contributed by atoms with Crippen molar-refractivity contribution in [2.24, 2.45) is 0 Å². The molecule has 2 aromatic rings. The summed E-state index contributed by atoms with van der Waals surface area (Å²) in [7, 11) is 0. The largest absolute Gasteiger partial charge is 0.477 e. The molecule has 2 rings (SSSR count). The zero-order valence-electron chi connectivity index (χ0n) is 9.08. The van der Waals surface area contributed by atoms with Crippen LogP contribution >= 0.6 is 0 Å². The van der Waals surface area contributed by atoms with E-state index in [4.69, 9.17) is 10.2 Å². The van der Waals surface area contributed by atoms with Crippen LogP contribution in [0.4, 0.5) is 0 Å². The lowest BCUT2D eigenvalue weighted by atomic mass is 10.2. The van der Waals surface area contributed by atoms with E-state index in [9.17, 15) is 4.79 Å². The van der Waals surface area contributed by atoms with Gasteiger partial charge in [0.1, 0.15) is 5.69 Å². The monoisotopic (exact) mass is 232 g/mol. The van der Waals surface area contributed by atoms with Crippen molar-refractivity contribution in [1.29, 1.82) is 0 Å².